The minimum Gasteiger partial charge on any atom is -0.430 e. The molecule has 0 aromatic carbocycles. The van der Waals surface area contributed by atoms with Crippen LogP contribution in [-0.4, -0.2) is 24.2 Å². The summed E-state index contributed by atoms with van der Waals surface area (Å²) in [4.78, 5) is 22.4. The fourth-order valence-electron chi connectivity index (χ4n) is 1.30. The van der Waals surface area contributed by atoms with Crippen molar-refractivity contribution in [2.24, 2.45) is 5.41 Å². The molecule has 0 fully saturated rings. The Balaban J connectivity index is 2.55. The van der Waals surface area contributed by atoms with Gasteiger partial charge in [0.2, 0.25) is 0 Å². The molecule has 0 unspecified atom stereocenters. The molecule has 1 aromatic rings. The lowest BCUT2D eigenvalue weighted by molar-refractivity contribution is 0.0925. The Morgan fingerprint density at radius 2 is 2.18 bits per heavy atom. The maximum absolute atomic E-state index is 11.7. The van der Waals surface area contributed by atoms with Crippen molar-refractivity contribution in [3.05, 3.63) is 34.4 Å². The van der Waals surface area contributed by atoms with Gasteiger partial charge < -0.3 is 14.8 Å². The Morgan fingerprint density at radius 3 is 2.71 bits per heavy atom. The predicted molar refractivity (Wildman–Crippen MR) is 62.8 cm³/mol. The van der Waals surface area contributed by atoms with Gasteiger partial charge in [0.1, 0.15) is 6.26 Å². The molecule has 1 rings (SSSR count). The second kappa shape index (κ2) is 5.63. The largest absolute Gasteiger partial charge is 0.430 e. The average Bonchev–Trinajstić information content (AvgIpc) is 2.27. The molecule has 1 aromatic heterocycles. The van der Waals surface area contributed by atoms with E-state index in [2.05, 4.69) is 9.73 Å². The van der Waals surface area contributed by atoms with E-state index in [4.69, 9.17) is 5.11 Å². The third kappa shape index (κ3) is 4.40. The van der Waals surface area contributed by atoms with Crippen LogP contribution >= 0.6 is 0 Å². The maximum Gasteiger partial charge on any atom is 0.335 e. The molecule has 5 heteroatoms. The summed E-state index contributed by atoms with van der Waals surface area (Å²) in [5.41, 5.74) is -0.341. The van der Waals surface area contributed by atoms with Gasteiger partial charge in [0.25, 0.3) is 5.91 Å². The van der Waals surface area contributed by atoms with Crippen LogP contribution in [0.4, 0.5) is 0 Å². The van der Waals surface area contributed by atoms with Crippen molar-refractivity contribution in [3.63, 3.8) is 0 Å². The first-order chi connectivity index (χ1) is 7.94. The van der Waals surface area contributed by atoms with Gasteiger partial charge in [-0.15, -0.1) is 0 Å². The third-order valence-corrected chi connectivity index (χ3v) is 2.48. The van der Waals surface area contributed by atoms with E-state index in [-0.39, 0.29) is 17.9 Å². The Hall–Kier alpha value is -1.62. The number of amides is 1. The lowest BCUT2D eigenvalue weighted by atomic mass is 9.90. The van der Waals surface area contributed by atoms with E-state index < -0.39 is 5.63 Å². The van der Waals surface area contributed by atoms with Gasteiger partial charge in [0, 0.05) is 19.2 Å². The van der Waals surface area contributed by atoms with Gasteiger partial charge in [-0.1, -0.05) is 13.8 Å². The Bertz CT molecular complexity index is 416. The number of hydrogen-bond acceptors (Lipinski definition) is 4. The van der Waals surface area contributed by atoms with Crippen LogP contribution in [0.15, 0.2) is 27.6 Å². The zero-order valence-electron chi connectivity index (χ0n) is 10.0. The number of carbonyl (C=O) groups is 1. The summed E-state index contributed by atoms with van der Waals surface area (Å²) in [5.74, 6) is -0.292. The molecule has 2 N–H and O–H groups in total. The monoisotopic (exact) mass is 239 g/mol. The molecule has 0 radical (unpaired) electrons. The van der Waals surface area contributed by atoms with Crippen LogP contribution in [0.2, 0.25) is 0 Å². The minimum atomic E-state index is -0.484. The van der Waals surface area contributed by atoms with E-state index in [1.807, 2.05) is 13.8 Å². The summed E-state index contributed by atoms with van der Waals surface area (Å²) < 4.78 is 4.60. The number of nitrogens with one attached hydrogen (secondary N) is 1. The summed E-state index contributed by atoms with van der Waals surface area (Å²) in [6.07, 6.45) is 1.74. The molecule has 0 spiro atoms. The summed E-state index contributed by atoms with van der Waals surface area (Å²) in [6.45, 7) is 4.44. The molecular weight excluding hydrogens is 222 g/mol. The highest BCUT2D eigenvalue weighted by atomic mass is 16.4. The van der Waals surface area contributed by atoms with Gasteiger partial charge in [-0.25, -0.2) is 4.79 Å². The van der Waals surface area contributed by atoms with Crippen molar-refractivity contribution in [1.82, 2.24) is 5.32 Å². The zero-order chi connectivity index (χ0) is 12.9. The molecule has 5 nitrogen and oxygen atoms in total. The van der Waals surface area contributed by atoms with Crippen LogP contribution in [0.25, 0.3) is 0 Å². The van der Waals surface area contributed by atoms with Gasteiger partial charge >= 0.3 is 5.63 Å². The van der Waals surface area contributed by atoms with Crippen molar-refractivity contribution in [2.45, 2.75) is 20.3 Å². The molecule has 0 aliphatic rings. The van der Waals surface area contributed by atoms with Crippen LogP contribution in [0.1, 0.15) is 30.6 Å². The molecule has 94 valence electrons. The molecule has 0 saturated carbocycles. The Labute approximate surface area is 99.5 Å². The highest BCUT2D eigenvalue weighted by molar-refractivity contribution is 5.93. The second-order valence-corrected chi connectivity index (χ2v) is 4.66. The molecule has 1 heterocycles. The van der Waals surface area contributed by atoms with Gasteiger partial charge in [-0.2, -0.15) is 0 Å². The maximum atomic E-state index is 11.7. The zero-order valence-corrected chi connectivity index (χ0v) is 10.0. The quantitative estimate of drug-likeness (QED) is 0.795. The van der Waals surface area contributed by atoms with Gasteiger partial charge in [0.05, 0.1) is 5.56 Å². The van der Waals surface area contributed by atoms with Crippen LogP contribution in [0, 0.1) is 5.41 Å². The SMILES string of the molecule is CC(C)(CCO)CNC(=O)c1ccc(=O)oc1. The molecule has 0 bridgehead atoms. The number of carbonyl (C=O) groups excluding carboxylic acids is 1. The lowest BCUT2D eigenvalue weighted by Gasteiger charge is -2.23. The average molecular weight is 239 g/mol. The first kappa shape index (κ1) is 13.4. The van der Waals surface area contributed by atoms with Crippen molar-refractivity contribution in [3.8, 4) is 0 Å². The smallest absolute Gasteiger partial charge is 0.335 e. The lowest BCUT2D eigenvalue weighted by Crippen LogP contribution is -2.34. The third-order valence-electron chi connectivity index (χ3n) is 2.48. The Kier molecular flexibility index (Phi) is 4.45. The molecule has 0 atom stereocenters. The Morgan fingerprint density at radius 1 is 1.47 bits per heavy atom. The highest BCUT2D eigenvalue weighted by Crippen LogP contribution is 2.18. The summed E-state index contributed by atoms with van der Waals surface area (Å²) in [6, 6.07) is 2.62. The van der Waals surface area contributed by atoms with Gasteiger partial charge in [0.15, 0.2) is 0 Å². The summed E-state index contributed by atoms with van der Waals surface area (Å²) >= 11 is 0. The van der Waals surface area contributed by atoms with E-state index in [0.717, 1.165) is 6.26 Å². The molecule has 0 aliphatic heterocycles. The van der Waals surface area contributed by atoms with Crippen LogP contribution in [-0.2, 0) is 0 Å². The fraction of sp³-hybridized carbons (Fsp3) is 0.500. The minimum absolute atomic E-state index is 0.0864. The molecule has 17 heavy (non-hydrogen) atoms. The van der Waals surface area contributed by atoms with Crippen molar-refractivity contribution >= 4 is 5.91 Å². The van der Waals surface area contributed by atoms with Gasteiger partial charge in [-0.05, 0) is 17.9 Å². The fourth-order valence-corrected chi connectivity index (χ4v) is 1.30. The first-order valence-electron chi connectivity index (χ1n) is 5.42. The van der Waals surface area contributed by atoms with Crippen LogP contribution in [0.5, 0.6) is 0 Å². The van der Waals surface area contributed by atoms with E-state index in [1.54, 1.807) is 0 Å². The van der Waals surface area contributed by atoms with E-state index in [1.165, 1.54) is 12.1 Å². The van der Waals surface area contributed by atoms with Crippen molar-refractivity contribution < 1.29 is 14.3 Å². The second-order valence-electron chi connectivity index (χ2n) is 4.66. The van der Waals surface area contributed by atoms with Crippen molar-refractivity contribution in [1.29, 1.82) is 0 Å². The van der Waals surface area contributed by atoms with Crippen molar-refractivity contribution in [2.75, 3.05) is 13.2 Å². The van der Waals surface area contributed by atoms with Crippen LogP contribution < -0.4 is 10.9 Å². The van der Waals surface area contributed by atoms with Crippen LogP contribution in [0.3, 0.4) is 0 Å². The van der Waals surface area contributed by atoms with E-state index in [9.17, 15) is 9.59 Å². The number of rotatable bonds is 5. The molecule has 1 amide bonds. The standard InChI is InChI=1S/C12H17NO4/c1-12(2,5-6-14)8-13-11(16)9-3-4-10(15)17-7-9/h3-4,7,14H,5-6,8H2,1-2H3,(H,13,16). The van der Waals surface area contributed by atoms with E-state index in [0.29, 0.717) is 18.5 Å². The summed E-state index contributed by atoms with van der Waals surface area (Å²) in [5, 5.41) is 11.6. The van der Waals surface area contributed by atoms with E-state index >= 15 is 0 Å². The predicted octanol–water partition coefficient (Wildman–Crippen LogP) is 0.778. The topological polar surface area (TPSA) is 79.5 Å². The first-order valence-corrected chi connectivity index (χ1v) is 5.42. The summed E-state index contributed by atoms with van der Waals surface area (Å²) in [7, 11) is 0. The number of hydrogen-bond donors (Lipinski definition) is 2. The highest BCUT2D eigenvalue weighted by Gasteiger charge is 2.18. The van der Waals surface area contributed by atoms with Gasteiger partial charge in [-0.3, -0.25) is 4.79 Å². The normalized spacial score (nSPS) is 11.2. The number of aliphatic hydroxyl groups excluding tert-OH is 1. The molecular formula is C12H17NO4. The molecule has 0 saturated heterocycles. The number of aliphatic hydroxyl groups is 1. The molecule has 0 aliphatic carbocycles.